The highest BCUT2D eigenvalue weighted by Gasteiger charge is 2.38. The first-order valence-corrected chi connectivity index (χ1v) is 6.22. The molecule has 0 amide bonds. The fraction of sp³-hybridized carbons (Fsp3) is 0.923. The zero-order chi connectivity index (χ0) is 12.9. The van der Waals surface area contributed by atoms with Crippen LogP contribution in [0.1, 0.15) is 54.4 Å². The van der Waals surface area contributed by atoms with Crippen molar-refractivity contribution in [1.82, 2.24) is 0 Å². The van der Waals surface area contributed by atoms with Crippen molar-refractivity contribution in [3.63, 3.8) is 0 Å². The summed E-state index contributed by atoms with van der Waals surface area (Å²) in [6, 6.07) is 0. The van der Waals surface area contributed by atoms with E-state index in [1.54, 1.807) is 6.92 Å². The largest absolute Gasteiger partial charge is 0.459 e. The van der Waals surface area contributed by atoms with Crippen molar-refractivity contribution in [1.29, 1.82) is 0 Å². The van der Waals surface area contributed by atoms with Gasteiger partial charge in [-0.25, -0.2) is 0 Å². The molecular formula is C13H26O3. The van der Waals surface area contributed by atoms with Gasteiger partial charge in [0.1, 0.15) is 11.7 Å². The Balaban J connectivity index is 4.55. The summed E-state index contributed by atoms with van der Waals surface area (Å²) in [6.07, 6.45) is 0.885. The van der Waals surface area contributed by atoms with Gasteiger partial charge < -0.3 is 9.84 Å². The molecule has 96 valence electrons. The highest BCUT2D eigenvalue weighted by atomic mass is 16.6. The van der Waals surface area contributed by atoms with Crippen molar-refractivity contribution in [3.05, 3.63) is 0 Å². The van der Waals surface area contributed by atoms with Gasteiger partial charge in [0.25, 0.3) is 0 Å². The van der Waals surface area contributed by atoms with Gasteiger partial charge in [0.15, 0.2) is 0 Å². The van der Waals surface area contributed by atoms with Gasteiger partial charge in [-0.2, -0.15) is 0 Å². The molecule has 0 fully saturated rings. The molecule has 0 aliphatic rings. The second-order valence-corrected chi connectivity index (χ2v) is 4.89. The van der Waals surface area contributed by atoms with E-state index in [4.69, 9.17) is 4.74 Å². The number of ether oxygens (including phenoxy) is 1. The first-order valence-electron chi connectivity index (χ1n) is 6.22. The van der Waals surface area contributed by atoms with Gasteiger partial charge >= 0.3 is 5.97 Å². The second-order valence-electron chi connectivity index (χ2n) is 4.89. The molecule has 0 saturated carbocycles. The van der Waals surface area contributed by atoms with E-state index < -0.39 is 11.7 Å². The summed E-state index contributed by atoms with van der Waals surface area (Å²) in [5.41, 5.74) is -0.927. The van der Waals surface area contributed by atoms with Crippen LogP contribution in [-0.2, 0) is 9.53 Å². The van der Waals surface area contributed by atoms with Crippen LogP contribution in [0.3, 0.4) is 0 Å². The second kappa shape index (κ2) is 6.24. The number of carbonyl (C=O) groups is 1. The highest BCUT2D eigenvalue weighted by Crippen LogP contribution is 2.27. The molecule has 0 aromatic rings. The molecule has 3 atom stereocenters. The van der Waals surface area contributed by atoms with Gasteiger partial charge in [-0.05, 0) is 25.7 Å². The lowest BCUT2D eigenvalue weighted by molar-refractivity contribution is -0.173. The molecule has 1 N–H and O–H groups in total. The minimum Gasteiger partial charge on any atom is -0.459 e. The molecule has 0 spiro atoms. The number of carbonyl (C=O) groups excluding carboxylic acids is 1. The van der Waals surface area contributed by atoms with Crippen molar-refractivity contribution < 1.29 is 14.6 Å². The molecule has 0 aromatic heterocycles. The Hall–Kier alpha value is -0.570. The maximum Gasteiger partial charge on any atom is 0.309 e. The average molecular weight is 230 g/mol. The van der Waals surface area contributed by atoms with E-state index in [-0.39, 0.29) is 17.8 Å². The third kappa shape index (κ3) is 3.48. The Morgan fingerprint density at radius 3 is 2.06 bits per heavy atom. The normalized spacial score (nSPS) is 19.0. The quantitative estimate of drug-likeness (QED) is 0.714. The number of esters is 1. The van der Waals surface area contributed by atoms with Gasteiger partial charge in [-0.15, -0.1) is 0 Å². The van der Waals surface area contributed by atoms with Crippen LogP contribution in [0.15, 0.2) is 0 Å². The molecule has 0 radical (unpaired) electrons. The van der Waals surface area contributed by atoms with Crippen molar-refractivity contribution in [3.8, 4) is 0 Å². The van der Waals surface area contributed by atoms with Crippen LogP contribution < -0.4 is 0 Å². The summed E-state index contributed by atoms with van der Waals surface area (Å²) in [6.45, 7) is 11.4. The fourth-order valence-corrected chi connectivity index (χ4v) is 1.72. The molecule has 0 heterocycles. The molecule has 0 aliphatic carbocycles. The molecule has 0 aliphatic heterocycles. The van der Waals surface area contributed by atoms with E-state index in [1.165, 1.54) is 0 Å². The molecule has 0 saturated heterocycles. The van der Waals surface area contributed by atoms with E-state index in [9.17, 15) is 9.90 Å². The first-order chi connectivity index (χ1) is 7.29. The van der Waals surface area contributed by atoms with Gasteiger partial charge in [0, 0.05) is 0 Å². The van der Waals surface area contributed by atoms with Crippen molar-refractivity contribution in [2.75, 3.05) is 0 Å². The van der Waals surface area contributed by atoms with Crippen LogP contribution in [0.4, 0.5) is 0 Å². The van der Waals surface area contributed by atoms with E-state index in [0.29, 0.717) is 6.42 Å². The monoisotopic (exact) mass is 230 g/mol. The summed E-state index contributed by atoms with van der Waals surface area (Å²) >= 11 is 0. The van der Waals surface area contributed by atoms with E-state index in [2.05, 4.69) is 0 Å². The zero-order valence-electron chi connectivity index (χ0n) is 11.4. The maximum atomic E-state index is 11.6. The Kier molecular flexibility index (Phi) is 6.01. The summed E-state index contributed by atoms with van der Waals surface area (Å²) in [7, 11) is 0. The lowest BCUT2D eigenvalue weighted by Crippen LogP contribution is -2.47. The molecule has 3 nitrogen and oxygen atoms in total. The summed E-state index contributed by atoms with van der Waals surface area (Å²) in [5.74, 6) is -0.254. The SMILES string of the molecule is CCC(C)C(=O)OC(C)C(O)(CC)C(C)C. The fourth-order valence-electron chi connectivity index (χ4n) is 1.72. The standard InChI is InChI=1S/C13H26O3/c1-7-10(5)12(14)16-11(6)13(15,8-2)9(3)4/h9-11,15H,7-8H2,1-6H3. The predicted octanol–water partition coefficient (Wildman–Crippen LogP) is 2.76. The van der Waals surface area contributed by atoms with Crippen LogP contribution in [0.5, 0.6) is 0 Å². The summed E-state index contributed by atoms with van der Waals surface area (Å²) in [4.78, 5) is 11.6. The van der Waals surface area contributed by atoms with E-state index >= 15 is 0 Å². The molecule has 0 aromatic carbocycles. The van der Waals surface area contributed by atoms with Crippen LogP contribution in [0.25, 0.3) is 0 Å². The average Bonchev–Trinajstić information content (AvgIpc) is 2.25. The van der Waals surface area contributed by atoms with Crippen molar-refractivity contribution in [2.24, 2.45) is 11.8 Å². The van der Waals surface area contributed by atoms with Crippen LogP contribution >= 0.6 is 0 Å². The number of hydrogen-bond acceptors (Lipinski definition) is 3. The lowest BCUT2D eigenvalue weighted by Gasteiger charge is -2.36. The van der Waals surface area contributed by atoms with Crippen LogP contribution in [0.2, 0.25) is 0 Å². The van der Waals surface area contributed by atoms with Gasteiger partial charge in [-0.1, -0.05) is 34.6 Å². The van der Waals surface area contributed by atoms with E-state index in [1.807, 2.05) is 34.6 Å². The van der Waals surface area contributed by atoms with Gasteiger partial charge in [-0.3, -0.25) is 4.79 Å². The molecule has 3 unspecified atom stereocenters. The molecule has 16 heavy (non-hydrogen) atoms. The third-order valence-corrected chi connectivity index (χ3v) is 3.58. The van der Waals surface area contributed by atoms with Crippen LogP contribution in [0, 0.1) is 11.8 Å². The Morgan fingerprint density at radius 2 is 1.75 bits per heavy atom. The zero-order valence-corrected chi connectivity index (χ0v) is 11.4. The Morgan fingerprint density at radius 1 is 1.25 bits per heavy atom. The Labute approximate surface area is 99.2 Å². The topological polar surface area (TPSA) is 46.5 Å². The summed E-state index contributed by atoms with van der Waals surface area (Å²) < 4.78 is 5.33. The smallest absolute Gasteiger partial charge is 0.309 e. The highest BCUT2D eigenvalue weighted by molar-refractivity contribution is 5.72. The van der Waals surface area contributed by atoms with Crippen molar-refractivity contribution in [2.45, 2.75) is 66.1 Å². The molecule has 0 rings (SSSR count). The lowest BCUT2D eigenvalue weighted by atomic mass is 9.83. The number of hydrogen-bond donors (Lipinski definition) is 1. The number of rotatable bonds is 6. The third-order valence-electron chi connectivity index (χ3n) is 3.58. The van der Waals surface area contributed by atoms with Crippen LogP contribution in [-0.4, -0.2) is 22.8 Å². The number of aliphatic hydroxyl groups is 1. The minimum atomic E-state index is -0.927. The summed E-state index contributed by atoms with van der Waals surface area (Å²) in [5, 5.41) is 10.4. The van der Waals surface area contributed by atoms with E-state index in [0.717, 1.165) is 6.42 Å². The minimum absolute atomic E-state index is 0.0669. The maximum absolute atomic E-state index is 11.6. The van der Waals surface area contributed by atoms with Crippen molar-refractivity contribution >= 4 is 5.97 Å². The molecular weight excluding hydrogens is 204 g/mol. The predicted molar refractivity (Wildman–Crippen MR) is 65.1 cm³/mol. The first kappa shape index (κ1) is 15.4. The van der Waals surface area contributed by atoms with Gasteiger partial charge in [0.05, 0.1) is 5.92 Å². The Bertz CT molecular complexity index is 225. The molecule has 3 heteroatoms. The molecule has 0 bridgehead atoms. The van der Waals surface area contributed by atoms with Gasteiger partial charge in [0.2, 0.25) is 0 Å².